The van der Waals surface area contributed by atoms with E-state index in [2.05, 4.69) is 93.6 Å². The molecule has 4 rings (SSSR count). The fourth-order valence-electron chi connectivity index (χ4n) is 3.25. The SMILES string of the molecule is CC(C)(C)c1ccc(-c2cccc(-c3ccc4ccccc4n3)c2)cc1. The van der Waals surface area contributed by atoms with Crippen molar-refractivity contribution >= 4 is 10.9 Å². The summed E-state index contributed by atoms with van der Waals surface area (Å²) in [5.41, 5.74) is 7.18. The first-order chi connectivity index (χ1) is 12.5. The monoisotopic (exact) mass is 337 g/mol. The summed E-state index contributed by atoms with van der Waals surface area (Å²) in [5.74, 6) is 0. The van der Waals surface area contributed by atoms with Crippen molar-refractivity contribution in [3.05, 3.63) is 90.5 Å². The molecule has 0 spiro atoms. The molecule has 0 saturated heterocycles. The van der Waals surface area contributed by atoms with Crippen LogP contribution in [0.5, 0.6) is 0 Å². The molecule has 4 aromatic rings. The Kier molecular flexibility index (Phi) is 4.08. The molecule has 3 aromatic carbocycles. The molecule has 1 heterocycles. The highest BCUT2D eigenvalue weighted by molar-refractivity contribution is 5.82. The molecule has 0 aliphatic heterocycles. The summed E-state index contributed by atoms with van der Waals surface area (Å²) >= 11 is 0. The smallest absolute Gasteiger partial charge is 0.0709 e. The van der Waals surface area contributed by atoms with Crippen LogP contribution in [0.2, 0.25) is 0 Å². The number of nitrogens with zero attached hydrogens (tertiary/aromatic N) is 1. The second-order valence-corrected chi connectivity index (χ2v) is 7.80. The Morgan fingerprint density at radius 1 is 0.615 bits per heavy atom. The Morgan fingerprint density at radius 3 is 2.12 bits per heavy atom. The van der Waals surface area contributed by atoms with Gasteiger partial charge in [0.2, 0.25) is 0 Å². The van der Waals surface area contributed by atoms with E-state index in [-0.39, 0.29) is 5.41 Å². The summed E-state index contributed by atoms with van der Waals surface area (Å²) in [5, 5.41) is 1.17. The highest BCUT2D eigenvalue weighted by atomic mass is 14.7. The summed E-state index contributed by atoms with van der Waals surface area (Å²) in [6.45, 7) is 6.73. The molecule has 128 valence electrons. The lowest BCUT2D eigenvalue weighted by atomic mass is 9.86. The number of para-hydroxylation sites is 1. The predicted octanol–water partition coefficient (Wildman–Crippen LogP) is 6.87. The first-order valence-corrected chi connectivity index (χ1v) is 9.08. The number of pyridine rings is 1. The van der Waals surface area contributed by atoms with Gasteiger partial charge in [-0.05, 0) is 40.3 Å². The van der Waals surface area contributed by atoms with Crippen molar-refractivity contribution in [2.45, 2.75) is 26.2 Å². The van der Waals surface area contributed by atoms with Crippen LogP contribution in [0.25, 0.3) is 33.3 Å². The molecule has 1 aromatic heterocycles. The van der Waals surface area contributed by atoms with Gasteiger partial charge in [0.05, 0.1) is 11.2 Å². The summed E-state index contributed by atoms with van der Waals surface area (Å²) in [6.07, 6.45) is 0. The van der Waals surface area contributed by atoms with Crippen LogP contribution in [0, 0.1) is 0 Å². The molecule has 0 amide bonds. The Morgan fingerprint density at radius 2 is 1.35 bits per heavy atom. The zero-order valence-electron chi connectivity index (χ0n) is 15.5. The van der Waals surface area contributed by atoms with Gasteiger partial charge in [0.1, 0.15) is 0 Å². The van der Waals surface area contributed by atoms with E-state index in [1.165, 1.54) is 22.1 Å². The van der Waals surface area contributed by atoms with Crippen LogP contribution >= 0.6 is 0 Å². The van der Waals surface area contributed by atoms with Gasteiger partial charge in [0.25, 0.3) is 0 Å². The zero-order chi connectivity index (χ0) is 18.1. The van der Waals surface area contributed by atoms with Crippen LogP contribution < -0.4 is 0 Å². The molecule has 0 saturated carbocycles. The van der Waals surface area contributed by atoms with Crippen molar-refractivity contribution in [1.29, 1.82) is 0 Å². The lowest BCUT2D eigenvalue weighted by Gasteiger charge is -2.19. The first-order valence-electron chi connectivity index (χ1n) is 9.08. The molecule has 0 radical (unpaired) electrons. The number of rotatable bonds is 2. The topological polar surface area (TPSA) is 12.9 Å². The molecular weight excluding hydrogens is 314 g/mol. The van der Waals surface area contributed by atoms with E-state index < -0.39 is 0 Å². The maximum absolute atomic E-state index is 4.83. The van der Waals surface area contributed by atoms with Crippen LogP contribution in [0.15, 0.2) is 84.9 Å². The van der Waals surface area contributed by atoms with E-state index in [9.17, 15) is 0 Å². The molecule has 0 unspecified atom stereocenters. The minimum atomic E-state index is 0.176. The molecular formula is C25H23N. The van der Waals surface area contributed by atoms with Gasteiger partial charge in [0, 0.05) is 10.9 Å². The summed E-state index contributed by atoms with van der Waals surface area (Å²) in [4.78, 5) is 4.83. The van der Waals surface area contributed by atoms with Crippen LogP contribution in [-0.4, -0.2) is 4.98 Å². The third-order valence-corrected chi connectivity index (χ3v) is 4.84. The van der Waals surface area contributed by atoms with Crippen molar-refractivity contribution in [3.63, 3.8) is 0 Å². The van der Waals surface area contributed by atoms with Gasteiger partial charge in [-0.15, -0.1) is 0 Å². The van der Waals surface area contributed by atoms with E-state index in [0.717, 1.165) is 16.8 Å². The maximum Gasteiger partial charge on any atom is 0.0709 e. The van der Waals surface area contributed by atoms with Gasteiger partial charge in [-0.25, -0.2) is 4.98 Å². The Labute approximate surface area is 155 Å². The van der Waals surface area contributed by atoms with Crippen LogP contribution in [-0.2, 0) is 5.41 Å². The highest BCUT2D eigenvalue weighted by Gasteiger charge is 2.13. The molecule has 0 N–H and O–H groups in total. The Bertz CT molecular complexity index is 1050. The normalized spacial score (nSPS) is 11.7. The number of fused-ring (bicyclic) bond motifs is 1. The molecule has 0 atom stereocenters. The largest absolute Gasteiger partial charge is 0.248 e. The van der Waals surface area contributed by atoms with Crippen LogP contribution in [0.3, 0.4) is 0 Å². The van der Waals surface area contributed by atoms with Gasteiger partial charge < -0.3 is 0 Å². The third kappa shape index (κ3) is 3.25. The summed E-state index contributed by atoms with van der Waals surface area (Å²) < 4.78 is 0. The minimum absolute atomic E-state index is 0.176. The number of benzene rings is 3. The molecule has 1 nitrogen and oxygen atoms in total. The average molecular weight is 337 g/mol. The Hall–Kier alpha value is -2.93. The molecule has 26 heavy (non-hydrogen) atoms. The van der Waals surface area contributed by atoms with E-state index >= 15 is 0 Å². The van der Waals surface area contributed by atoms with Gasteiger partial charge in [-0.2, -0.15) is 0 Å². The molecule has 0 aliphatic carbocycles. The summed E-state index contributed by atoms with van der Waals surface area (Å²) in [6, 6.07) is 30.0. The second kappa shape index (κ2) is 6.42. The number of aromatic nitrogens is 1. The summed E-state index contributed by atoms with van der Waals surface area (Å²) in [7, 11) is 0. The fourth-order valence-corrected chi connectivity index (χ4v) is 3.25. The Balaban J connectivity index is 1.72. The number of hydrogen-bond donors (Lipinski definition) is 0. The van der Waals surface area contributed by atoms with E-state index in [1.807, 2.05) is 12.1 Å². The van der Waals surface area contributed by atoms with Crippen molar-refractivity contribution < 1.29 is 0 Å². The zero-order valence-corrected chi connectivity index (χ0v) is 15.5. The predicted molar refractivity (Wildman–Crippen MR) is 111 cm³/mol. The second-order valence-electron chi connectivity index (χ2n) is 7.80. The van der Waals surface area contributed by atoms with Crippen molar-refractivity contribution in [1.82, 2.24) is 4.98 Å². The van der Waals surface area contributed by atoms with E-state index in [4.69, 9.17) is 4.98 Å². The van der Waals surface area contributed by atoms with E-state index in [1.54, 1.807) is 0 Å². The standard InChI is InChI=1S/C25H23N/c1-25(2,3)22-14-11-18(12-15-22)20-8-6-9-21(17-20)24-16-13-19-7-4-5-10-23(19)26-24/h4-17H,1-3H3. The molecule has 1 heteroatoms. The van der Waals surface area contributed by atoms with Crippen molar-refractivity contribution in [3.8, 4) is 22.4 Å². The average Bonchev–Trinajstić information content (AvgIpc) is 2.67. The minimum Gasteiger partial charge on any atom is -0.248 e. The molecule has 0 aliphatic rings. The van der Waals surface area contributed by atoms with Gasteiger partial charge in [0.15, 0.2) is 0 Å². The first kappa shape index (κ1) is 16.5. The van der Waals surface area contributed by atoms with Crippen LogP contribution in [0.4, 0.5) is 0 Å². The fraction of sp³-hybridized carbons (Fsp3) is 0.160. The van der Waals surface area contributed by atoms with E-state index in [0.29, 0.717) is 0 Å². The van der Waals surface area contributed by atoms with Crippen molar-refractivity contribution in [2.24, 2.45) is 0 Å². The maximum atomic E-state index is 4.83. The van der Waals surface area contributed by atoms with Gasteiger partial charge >= 0.3 is 0 Å². The molecule has 0 fully saturated rings. The van der Waals surface area contributed by atoms with Gasteiger partial charge in [-0.1, -0.05) is 87.5 Å². The molecule has 0 bridgehead atoms. The van der Waals surface area contributed by atoms with Gasteiger partial charge in [-0.3, -0.25) is 0 Å². The lowest BCUT2D eigenvalue weighted by Crippen LogP contribution is -2.10. The van der Waals surface area contributed by atoms with Crippen molar-refractivity contribution in [2.75, 3.05) is 0 Å². The highest BCUT2D eigenvalue weighted by Crippen LogP contribution is 2.29. The third-order valence-electron chi connectivity index (χ3n) is 4.84. The lowest BCUT2D eigenvalue weighted by molar-refractivity contribution is 0.590. The quantitative estimate of drug-likeness (QED) is 0.389. The number of hydrogen-bond acceptors (Lipinski definition) is 1. The van der Waals surface area contributed by atoms with Crippen LogP contribution in [0.1, 0.15) is 26.3 Å².